The van der Waals surface area contributed by atoms with Crippen LogP contribution in [0.4, 0.5) is 10.1 Å². The summed E-state index contributed by atoms with van der Waals surface area (Å²) < 4.78 is 45.4. The molecule has 2 N–H and O–H groups in total. The molecule has 112 valence electrons. The molecule has 1 aliphatic heterocycles. The van der Waals surface area contributed by atoms with E-state index in [0.717, 1.165) is 12.1 Å². The minimum atomic E-state index is -3.69. The van der Waals surface area contributed by atoms with Gasteiger partial charge in [0.1, 0.15) is 5.82 Å². The Labute approximate surface area is 118 Å². The standard InChI is InChI=1S/C13H19FN2O3S/c1-3-10-8-19-9(2)7-16(10)20(17,18)11-4-5-12(14)13(15)6-11/h4-6,9-10H,3,7-8,15H2,1-2H3. The number of hydrogen-bond donors (Lipinski definition) is 1. The fourth-order valence-corrected chi connectivity index (χ4v) is 4.04. The zero-order valence-corrected chi connectivity index (χ0v) is 12.4. The maximum absolute atomic E-state index is 13.2. The molecule has 0 bridgehead atoms. The first-order chi connectivity index (χ1) is 9.36. The number of sulfonamides is 1. The lowest BCUT2D eigenvalue weighted by Gasteiger charge is -2.37. The summed E-state index contributed by atoms with van der Waals surface area (Å²) in [5, 5.41) is 0. The van der Waals surface area contributed by atoms with Gasteiger partial charge in [-0.1, -0.05) is 6.92 Å². The van der Waals surface area contributed by atoms with Crippen molar-refractivity contribution in [3.05, 3.63) is 24.0 Å². The summed E-state index contributed by atoms with van der Waals surface area (Å²) in [6.07, 6.45) is 0.494. The molecule has 0 saturated carbocycles. The molecule has 2 unspecified atom stereocenters. The van der Waals surface area contributed by atoms with E-state index >= 15 is 0 Å². The predicted octanol–water partition coefficient (Wildman–Crippen LogP) is 1.60. The molecule has 1 aliphatic rings. The second kappa shape index (κ2) is 5.67. The first-order valence-corrected chi connectivity index (χ1v) is 7.98. The summed E-state index contributed by atoms with van der Waals surface area (Å²) in [5.74, 6) is -0.619. The Morgan fingerprint density at radius 3 is 2.80 bits per heavy atom. The lowest BCUT2D eigenvalue weighted by atomic mass is 10.2. The molecule has 0 aliphatic carbocycles. The van der Waals surface area contributed by atoms with Gasteiger partial charge in [0.05, 0.1) is 23.3 Å². The topological polar surface area (TPSA) is 72.6 Å². The van der Waals surface area contributed by atoms with E-state index in [-0.39, 0.29) is 29.3 Å². The van der Waals surface area contributed by atoms with Crippen molar-refractivity contribution < 1.29 is 17.5 Å². The predicted molar refractivity (Wildman–Crippen MR) is 74.2 cm³/mol. The maximum atomic E-state index is 13.2. The molecule has 1 heterocycles. The lowest BCUT2D eigenvalue weighted by Crippen LogP contribution is -2.51. The molecule has 0 amide bonds. The average Bonchev–Trinajstić information content (AvgIpc) is 2.41. The first kappa shape index (κ1) is 15.2. The third kappa shape index (κ3) is 2.79. The van der Waals surface area contributed by atoms with Crippen LogP contribution in [0.1, 0.15) is 20.3 Å². The molecule has 7 heteroatoms. The number of morpholine rings is 1. The zero-order valence-electron chi connectivity index (χ0n) is 11.5. The van der Waals surface area contributed by atoms with Crippen molar-refractivity contribution >= 4 is 15.7 Å². The van der Waals surface area contributed by atoms with Gasteiger partial charge in [-0.05, 0) is 31.5 Å². The van der Waals surface area contributed by atoms with E-state index < -0.39 is 15.8 Å². The number of rotatable bonds is 3. The molecule has 1 aromatic rings. The van der Waals surface area contributed by atoms with E-state index in [4.69, 9.17) is 10.5 Å². The van der Waals surface area contributed by atoms with Crippen molar-refractivity contribution in [1.29, 1.82) is 0 Å². The van der Waals surface area contributed by atoms with Gasteiger partial charge in [0, 0.05) is 12.6 Å². The van der Waals surface area contributed by atoms with E-state index in [2.05, 4.69) is 0 Å². The van der Waals surface area contributed by atoms with E-state index in [1.54, 1.807) is 0 Å². The van der Waals surface area contributed by atoms with Crippen molar-refractivity contribution in [2.45, 2.75) is 37.3 Å². The number of nitrogens with two attached hydrogens (primary N) is 1. The summed E-state index contributed by atoms with van der Waals surface area (Å²) in [6, 6.07) is 3.28. The summed E-state index contributed by atoms with van der Waals surface area (Å²) in [5.41, 5.74) is 5.29. The quantitative estimate of drug-likeness (QED) is 0.861. The number of hydrogen-bond acceptors (Lipinski definition) is 4. The number of nitrogens with zero attached hydrogens (tertiary/aromatic N) is 1. The Bertz CT molecular complexity index is 591. The van der Waals surface area contributed by atoms with E-state index in [1.165, 1.54) is 10.4 Å². The Morgan fingerprint density at radius 1 is 1.50 bits per heavy atom. The van der Waals surface area contributed by atoms with Crippen LogP contribution in [-0.4, -0.2) is 38.0 Å². The Hall–Kier alpha value is -1.18. The van der Waals surface area contributed by atoms with Crippen LogP contribution >= 0.6 is 0 Å². The van der Waals surface area contributed by atoms with E-state index in [9.17, 15) is 12.8 Å². The first-order valence-electron chi connectivity index (χ1n) is 6.54. The average molecular weight is 302 g/mol. The highest BCUT2D eigenvalue weighted by atomic mass is 32.2. The summed E-state index contributed by atoms with van der Waals surface area (Å²) >= 11 is 0. The normalized spacial score (nSPS) is 24.8. The molecule has 2 rings (SSSR count). The maximum Gasteiger partial charge on any atom is 0.243 e. The second-order valence-electron chi connectivity index (χ2n) is 4.96. The van der Waals surface area contributed by atoms with Gasteiger partial charge in [0.25, 0.3) is 0 Å². The molecule has 5 nitrogen and oxygen atoms in total. The minimum absolute atomic E-state index is 0.0175. The number of benzene rings is 1. The fourth-order valence-electron chi connectivity index (χ4n) is 2.25. The van der Waals surface area contributed by atoms with Gasteiger partial charge >= 0.3 is 0 Å². The van der Waals surface area contributed by atoms with Crippen LogP contribution in [0, 0.1) is 5.82 Å². The van der Waals surface area contributed by atoms with Crippen LogP contribution in [0.5, 0.6) is 0 Å². The van der Waals surface area contributed by atoms with Crippen molar-refractivity contribution in [1.82, 2.24) is 4.31 Å². The summed E-state index contributed by atoms with van der Waals surface area (Å²) in [4.78, 5) is 0.0175. The van der Waals surface area contributed by atoms with E-state index in [0.29, 0.717) is 13.0 Å². The number of ether oxygens (including phenoxy) is 1. The van der Waals surface area contributed by atoms with Crippen LogP contribution < -0.4 is 5.73 Å². The van der Waals surface area contributed by atoms with Crippen LogP contribution in [0.15, 0.2) is 23.1 Å². The molecular weight excluding hydrogens is 283 g/mol. The number of nitrogen functional groups attached to an aromatic ring is 1. The Kier molecular flexibility index (Phi) is 4.31. The highest BCUT2D eigenvalue weighted by Crippen LogP contribution is 2.26. The number of halogens is 1. The largest absolute Gasteiger partial charge is 0.396 e. The molecule has 20 heavy (non-hydrogen) atoms. The fraction of sp³-hybridized carbons (Fsp3) is 0.538. The molecule has 1 saturated heterocycles. The van der Waals surface area contributed by atoms with Crippen molar-refractivity contribution in [2.75, 3.05) is 18.9 Å². The monoisotopic (exact) mass is 302 g/mol. The highest BCUT2D eigenvalue weighted by Gasteiger charge is 2.35. The lowest BCUT2D eigenvalue weighted by molar-refractivity contribution is -0.0230. The molecular formula is C13H19FN2O3S. The SMILES string of the molecule is CCC1COC(C)CN1S(=O)(=O)c1ccc(F)c(N)c1. The van der Waals surface area contributed by atoms with Crippen molar-refractivity contribution in [3.63, 3.8) is 0 Å². The third-order valence-electron chi connectivity index (χ3n) is 3.46. The van der Waals surface area contributed by atoms with Crippen molar-refractivity contribution in [3.8, 4) is 0 Å². The number of anilines is 1. The van der Waals surface area contributed by atoms with E-state index in [1.807, 2.05) is 13.8 Å². The minimum Gasteiger partial charge on any atom is -0.396 e. The Morgan fingerprint density at radius 2 is 2.20 bits per heavy atom. The smallest absolute Gasteiger partial charge is 0.243 e. The molecule has 1 fully saturated rings. The third-order valence-corrected chi connectivity index (χ3v) is 5.38. The van der Waals surface area contributed by atoms with Crippen molar-refractivity contribution in [2.24, 2.45) is 0 Å². The molecule has 2 atom stereocenters. The molecule has 0 radical (unpaired) electrons. The Balaban J connectivity index is 2.39. The second-order valence-corrected chi connectivity index (χ2v) is 6.85. The van der Waals surface area contributed by atoms with Gasteiger partial charge < -0.3 is 10.5 Å². The van der Waals surface area contributed by atoms with Gasteiger partial charge in [0.2, 0.25) is 10.0 Å². The summed E-state index contributed by atoms with van der Waals surface area (Å²) in [6.45, 7) is 4.39. The van der Waals surface area contributed by atoms with Crippen LogP contribution in [0.2, 0.25) is 0 Å². The van der Waals surface area contributed by atoms with Gasteiger partial charge in [-0.2, -0.15) is 4.31 Å². The van der Waals surface area contributed by atoms with Gasteiger partial charge in [-0.25, -0.2) is 12.8 Å². The molecule has 0 aromatic heterocycles. The van der Waals surface area contributed by atoms with Gasteiger partial charge in [0.15, 0.2) is 0 Å². The highest BCUT2D eigenvalue weighted by molar-refractivity contribution is 7.89. The van der Waals surface area contributed by atoms with Crippen LogP contribution in [-0.2, 0) is 14.8 Å². The van der Waals surface area contributed by atoms with Crippen LogP contribution in [0.3, 0.4) is 0 Å². The van der Waals surface area contributed by atoms with Gasteiger partial charge in [-0.3, -0.25) is 0 Å². The summed E-state index contributed by atoms with van der Waals surface area (Å²) in [7, 11) is -3.69. The van der Waals surface area contributed by atoms with Gasteiger partial charge in [-0.15, -0.1) is 0 Å². The van der Waals surface area contributed by atoms with Crippen LogP contribution in [0.25, 0.3) is 0 Å². The zero-order chi connectivity index (χ0) is 14.9. The molecule has 0 spiro atoms. The molecule has 1 aromatic carbocycles.